The summed E-state index contributed by atoms with van der Waals surface area (Å²) in [5, 5.41) is 12.5. The Morgan fingerprint density at radius 1 is 1.05 bits per heavy atom. The van der Waals surface area contributed by atoms with Crippen LogP contribution in [0.25, 0.3) is 10.9 Å². The highest BCUT2D eigenvalue weighted by Gasteiger charge is 2.48. The second-order valence-corrected chi connectivity index (χ2v) is 9.34. The topological polar surface area (TPSA) is 109 Å². The standard InChI is InChI=1S/C28H24N4O5/c1-37-24-12-5-2-7-18(24)15-30-16-25(33)31-23(28(30)34)14-21-20-10-3-4-11-22(20)29-26(21)27(31)17-8-6-9-19(13-17)32(35)36/h2-13,23,27,29H,14-16H2,1H3/t23-,27?/m0/s1. The maximum atomic E-state index is 13.9. The zero-order chi connectivity index (χ0) is 25.7. The molecule has 4 aromatic rings. The van der Waals surface area contributed by atoms with Crippen molar-refractivity contribution in [2.45, 2.75) is 25.0 Å². The van der Waals surface area contributed by atoms with Gasteiger partial charge in [0.15, 0.2) is 0 Å². The van der Waals surface area contributed by atoms with Gasteiger partial charge in [-0.05, 0) is 23.3 Å². The number of aromatic nitrogens is 1. The van der Waals surface area contributed by atoms with E-state index in [1.807, 2.05) is 48.5 Å². The third kappa shape index (κ3) is 3.70. The smallest absolute Gasteiger partial charge is 0.269 e. The van der Waals surface area contributed by atoms with Crippen LogP contribution in [-0.2, 0) is 22.6 Å². The van der Waals surface area contributed by atoms with Crippen LogP contribution in [-0.4, -0.2) is 51.2 Å². The number of nitro groups is 1. The molecule has 1 unspecified atom stereocenters. The van der Waals surface area contributed by atoms with E-state index >= 15 is 0 Å². The number of rotatable bonds is 5. The number of piperazine rings is 1. The Hall–Kier alpha value is -4.66. The molecule has 0 bridgehead atoms. The molecule has 0 saturated carbocycles. The quantitative estimate of drug-likeness (QED) is 0.332. The molecule has 1 saturated heterocycles. The number of nitro benzene ring substituents is 1. The third-order valence-corrected chi connectivity index (χ3v) is 7.29. The normalized spacial score (nSPS) is 19.1. The number of benzene rings is 3. The van der Waals surface area contributed by atoms with Crippen molar-refractivity contribution in [2.75, 3.05) is 13.7 Å². The molecule has 1 fully saturated rings. The van der Waals surface area contributed by atoms with Gasteiger partial charge in [-0.2, -0.15) is 0 Å². The van der Waals surface area contributed by atoms with Gasteiger partial charge in [0.2, 0.25) is 11.8 Å². The fourth-order valence-electron chi connectivity index (χ4n) is 5.65. The number of hydrogen-bond donors (Lipinski definition) is 1. The average Bonchev–Trinajstić information content (AvgIpc) is 3.29. The molecule has 2 atom stereocenters. The summed E-state index contributed by atoms with van der Waals surface area (Å²) >= 11 is 0. The average molecular weight is 497 g/mol. The predicted octanol–water partition coefficient (Wildman–Crippen LogP) is 3.97. The van der Waals surface area contributed by atoms with Crippen LogP contribution in [0.2, 0.25) is 0 Å². The summed E-state index contributed by atoms with van der Waals surface area (Å²) in [6, 6.07) is 20.2. The molecule has 2 amide bonds. The summed E-state index contributed by atoms with van der Waals surface area (Å²) in [7, 11) is 1.58. The van der Waals surface area contributed by atoms with E-state index in [4.69, 9.17) is 4.74 Å². The van der Waals surface area contributed by atoms with Crippen molar-refractivity contribution in [3.8, 4) is 5.75 Å². The molecular weight excluding hydrogens is 472 g/mol. The second-order valence-electron chi connectivity index (χ2n) is 9.34. The minimum absolute atomic E-state index is 0.0640. The zero-order valence-corrected chi connectivity index (χ0v) is 20.1. The van der Waals surface area contributed by atoms with Gasteiger partial charge in [0.25, 0.3) is 5.69 Å². The highest BCUT2D eigenvalue weighted by atomic mass is 16.6. The van der Waals surface area contributed by atoms with Crippen LogP contribution in [0.15, 0.2) is 72.8 Å². The monoisotopic (exact) mass is 496 g/mol. The first kappa shape index (κ1) is 22.8. The summed E-state index contributed by atoms with van der Waals surface area (Å²) in [4.78, 5) is 45.3. The molecule has 1 aromatic heterocycles. The lowest BCUT2D eigenvalue weighted by Crippen LogP contribution is -2.62. The molecule has 6 rings (SSSR count). The highest BCUT2D eigenvalue weighted by Crippen LogP contribution is 2.43. The van der Waals surface area contributed by atoms with E-state index < -0.39 is 17.0 Å². The van der Waals surface area contributed by atoms with Crippen LogP contribution in [0.5, 0.6) is 5.75 Å². The summed E-state index contributed by atoms with van der Waals surface area (Å²) in [6.07, 6.45) is 0.359. The second kappa shape index (κ2) is 8.77. The van der Waals surface area contributed by atoms with Gasteiger partial charge < -0.3 is 19.5 Å². The third-order valence-electron chi connectivity index (χ3n) is 7.29. The maximum Gasteiger partial charge on any atom is 0.269 e. The van der Waals surface area contributed by atoms with Crippen LogP contribution >= 0.6 is 0 Å². The van der Waals surface area contributed by atoms with Gasteiger partial charge in [-0.3, -0.25) is 19.7 Å². The molecule has 1 N–H and O–H groups in total. The number of carbonyl (C=O) groups excluding carboxylic acids is 2. The molecule has 3 aromatic carbocycles. The molecule has 0 spiro atoms. The van der Waals surface area contributed by atoms with Gasteiger partial charge in [-0.15, -0.1) is 0 Å². The summed E-state index contributed by atoms with van der Waals surface area (Å²) in [5.41, 5.74) is 3.98. The number of nitrogens with one attached hydrogen (secondary N) is 1. The maximum absolute atomic E-state index is 13.9. The number of ether oxygens (including phenoxy) is 1. The minimum atomic E-state index is -0.730. The Bertz CT molecular complexity index is 1560. The van der Waals surface area contributed by atoms with Crippen molar-refractivity contribution in [1.82, 2.24) is 14.8 Å². The highest BCUT2D eigenvalue weighted by molar-refractivity contribution is 5.97. The molecule has 37 heavy (non-hydrogen) atoms. The molecule has 0 radical (unpaired) electrons. The summed E-state index contributed by atoms with van der Waals surface area (Å²) in [5.74, 6) is 0.291. The Kier molecular flexibility index (Phi) is 5.40. The SMILES string of the molecule is COc1ccccc1CN1CC(=O)N2C(c3cccc([N+](=O)[O-])c3)c3[nH]c4ccccc4c3C[C@H]2C1=O. The lowest BCUT2D eigenvalue weighted by atomic mass is 9.86. The van der Waals surface area contributed by atoms with Crippen molar-refractivity contribution in [3.05, 3.63) is 105 Å². The van der Waals surface area contributed by atoms with E-state index in [0.29, 0.717) is 17.7 Å². The van der Waals surface area contributed by atoms with Crippen LogP contribution < -0.4 is 4.74 Å². The molecule has 2 aliphatic heterocycles. The Morgan fingerprint density at radius 3 is 2.65 bits per heavy atom. The van der Waals surface area contributed by atoms with Gasteiger partial charge in [-0.1, -0.05) is 48.5 Å². The van der Waals surface area contributed by atoms with E-state index in [1.165, 1.54) is 12.1 Å². The Labute approximate surface area is 212 Å². The number of nitrogens with zero attached hydrogens (tertiary/aromatic N) is 3. The van der Waals surface area contributed by atoms with Crippen LogP contribution in [0.3, 0.4) is 0 Å². The molecule has 3 heterocycles. The van der Waals surface area contributed by atoms with Crippen molar-refractivity contribution in [1.29, 1.82) is 0 Å². The molecule has 2 aliphatic rings. The summed E-state index contributed by atoms with van der Waals surface area (Å²) in [6.45, 7) is 0.162. The number of para-hydroxylation sites is 2. The first-order valence-electron chi connectivity index (χ1n) is 12.0. The van der Waals surface area contributed by atoms with Gasteiger partial charge in [0.1, 0.15) is 18.3 Å². The molecule has 186 valence electrons. The van der Waals surface area contributed by atoms with Crippen molar-refractivity contribution in [3.63, 3.8) is 0 Å². The molecule has 9 heteroatoms. The lowest BCUT2D eigenvalue weighted by Gasteiger charge is -2.47. The number of fused-ring (bicyclic) bond motifs is 4. The van der Waals surface area contributed by atoms with E-state index in [9.17, 15) is 19.7 Å². The Balaban J connectivity index is 1.46. The number of non-ortho nitro benzene ring substituents is 1. The first-order chi connectivity index (χ1) is 18.0. The van der Waals surface area contributed by atoms with Crippen molar-refractivity contribution in [2.24, 2.45) is 0 Å². The first-order valence-corrected chi connectivity index (χ1v) is 12.0. The number of H-pyrrole nitrogens is 1. The summed E-state index contributed by atoms with van der Waals surface area (Å²) < 4.78 is 5.45. The Morgan fingerprint density at radius 2 is 1.84 bits per heavy atom. The molecule has 0 aliphatic carbocycles. The number of aromatic amines is 1. The number of amides is 2. The number of methoxy groups -OCH3 is 1. The lowest BCUT2D eigenvalue weighted by molar-refractivity contribution is -0.384. The minimum Gasteiger partial charge on any atom is -0.496 e. The van der Waals surface area contributed by atoms with Crippen LogP contribution in [0, 0.1) is 10.1 Å². The van der Waals surface area contributed by atoms with Gasteiger partial charge in [0, 0.05) is 47.3 Å². The van der Waals surface area contributed by atoms with Crippen molar-refractivity contribution < 1.29 is 19.2 Å². The fraction of sp³-hybridized carbons (Fsp3) is 0.214. The molecular formula is C28H24N4O5. The van der Waals surface area contributed by atoms with Crippen LogP contribution in [0.1, 0.15) is 28.4 Å². The van der Waals surface area contributed by atoms with Gasteiger partial charge >= 0.3 is 0 Å². The largest absolute Gasteiger partial charge is 0.496 e. The molecule has 9 nitrogen and oxygen atoms in total. The van der Waals surface area contributed by atoms with E-state index in [1.54, 1.807) is 29.0 Å². The predicted molar refractivity (Wildman–Crippen MR) is 136 cm³/mol. The zero-order valence-electron chi connectivity index (χ0n) is 20.1. The number of hydrogen-bond acceptors (Lipinski definition) is 5. The van der Waals surface area contributed by atoms with Crippen molar-refractivity contribution >= 4 is 28.4 Å². The van der Waals surface area contributed by atoms with E-state index in [-0.39, 0.29) is 30.6 Å². The van der Waals surface area contributed by atoms with E-state index in [2.05, 4.69) is 4.98 Å². The number of carbonyl (C=O) groups is 2. The fourth-order valence-corrected chi connectivity index (χ4v) is 5.65. The van der Waals surface area contributed by atoms with Gasteiger partial charge in [0.05, 0.1) is 18.1 Å². The van der Waals surface area contributed by atoms with E-state index in [0.717, 1.165) is 27.7 Å². The van der Waals surface area contributed by atoms with Gasteiger partial charge in [-0.25, -0.2) is 0 Å². The van der Waals surface area contributed by atoms with Crippen LogP contribution in [0.4, 0.5) is 5.69 Å².